The molecule has 1 saturated heterocycles. The van der Waals surface area contributed by atoms with E-state index in [4.69, 9.17) is 4.74 Å². The smallest absolute Gasteiger partial charge is 0.244 e. The van der Waals surface area contributed by atoms with Gasteiger partial charge in [-0.15, -0.1) is 0 Å². The van der Waals surface area contributed by atoms with Crippen molar-refractivity contribution in [3.63, 3.8) is 0 Å². The Morgan fingerprint density at radius 3 is 2.72 bits per heavy atom. The van der Waals surface area contributed by atoms with E-state index in [1.54, 1.807) is 13.2 Å². The van der Waals surface area contributed by atoms with E-state index in [0.717, 1.165) is 24.2 Å². The summed E-state index contributed by atoms with van der Waals surface area (Å²) in [6.07, 6.45) is 8.89. The average Bonchev–Trinajstić information content (AvgIpc) is 2.62. The van der Waals surface area contributed by atoms with Crippen molar-refractivity contribution < 1.29 is 14.3 Å². The van der Waals surface area contributed by atoms with Crippen LogP contribution in [0, 0.1) is 0 Å². The Morgan fingerprint density at radius 1 is 1.28 bits per heavy atom. The van der Waals surface area contributed by atoms with Crippen molar-refractivity contribution in [2.75, 3.05) is 20.2 Å². The normalized spacial score (nSPS) is 15.7. The van der Waals surface area contributed by atoms with Gasteiger partial charge in [0.1, 0.15) is 5.75 Å². The average molecular weight is 342 g/mol. The largest absolute Gasteiger partial charge is 0.497 e. The van der Waals surface area contributed by atoms with Gasteiger partial charge in [-0.1, -0.05) is 30.4 Å². The molecule has 1 aromatic rings. The SMILES string of the molecule is CC=CC=CC(=O)NC1CCN(C(=O)Cc2cccc(OC)c2)CC1. The Labute approximate surface area is 149 Å². The summed E-state index contributed by atoms with van der Waals surface area (Å²) < 4.78 is 5.19. The van der Waals surface area contributed by atoms with Gasteiger partial charge in [0, 0.05) is 25.2 Å². The van der Waals surface area contributed by atoms with Crippen molar-refractivity contribution in [1.29, 1.82) is 0 Å². The number of benzene rings is 1. The highest BCUT2D eigenvalue weighted by atomic mass is 16.5. The van der Waals surface area contributed by atoms with Crippen LogP contribution < -0.4 is 10.1 Å². The van der Waals surface area contributed by atoms with Gasteiger partial charge in [-0.25, -0.2) is 0 Å². The summed E-state index contributed by atoms with van der Waals surface area (Å²) >= 11 is 0. The molecular weight excluding hydrogens is 316 g/mol. The molecule has 2 amide bonds. The summed E-state index contributed by atoms with van der Waals surface area (Å²) in [7, 11) is 1.62. The first-order chi connectivity index (χ1) is 12.1. The molecule has 0 bridgehead atoms. The van der Waals surface area contributed by atoms with Crippen LogP contribution in [0.15, 0.2) is 48.6 Å². The number of rotatable bonds is 6. The number of hydrogen-bond donors (Lipinski definition) is 1. The van der Waals surface area contributed by atoms with E-state index in [0.29, 0.717) is 19.5 Å². The standard InChI is InChI=1S/C20H26N2O3/c1-3-4-5-9-19(23)21-17-10-12-22(13-11-17)20(24)15-16-7-6-8-18(14-16)25-2/h3-9,14,17H,10-13,15H2,1-2H3,(H,21,23). The second-order valence-electron chi connectivity index (χ2n) is 6.08. The van der Waals surface area contributed by atoms with Crippen molar-refractivity contribution in [3.05, 3.63) is 54.1 Å². The van der Waals surface area contributed by atoms with Crippen molar-refractivity contribution in [2.45, 2.75) is 32.2 Å². The van der Waals surface area contributed by atoms with Gasteiger partial charge in [-0.05, 0) is 37.5 Å². The molecule has 0 saturated carbocycles. The van der Waals surface area contributed by atoms with Crippen LogP contribution in [0.1, 0.15) is 25.3 Å². The molecule has 0 spiro atoms. The van der Waals surface area contributed by atoms with Gasteiger partial charge in [-0.2, -0.15) is 0 Å². The van der Waals surface area contributed by atoms with Crippen LogP contribution in [0.2, 0.25) is 0 Å². The summed E-state index contributed by atoms with van der Waals surface area (Å²) in [4.78, 5) is 26.1. The first kappa shape index (κ1) is 18.8. The Hall–Kier alpha value is -2.56. The molecule has 25 heavy (non-hydrogen) atoms. The Kier molecular flexibility index (Phi) is 7.26. The van der Waals surface area contributed by atoms with E-state index >= 15 is 0 Å². The monoisotopic (exact) mass is 342 g/mol. The maximum absolute atomic E-state index is 12.4. The molecule has 1 N–H and O–H groups in total. The molecule has 2 rings (SSSR count). The van der Waals surface area contributed by atoms with Gasteiger partial charge in [0.2, 0.25) is 11.8 Å². The number of ether oxygens (including phenoxy) is 1. The predicted molar refractivity (Wildman–Crippen MR) is 98.4 cm³/mol. The van der Waals surface area contributed by atoms with Gasteiger partial charge in [-0.3, -0.25) is 9.59 Å². The zero-order valence-electron chi connectivity index (χ0n) is 14.9. The third-order valence-corrected chi connectivity index (χ3v) is 4.23. The zero-order valence-corrected chi connectivity index (χ0v) is 14.9. The van der Waals surface area contributed by atoms with Crippen molar-refractivity contribution >= 4 is 11.8 Å². The lowest BCUT2D eigenvalue weighted by Crippen LogP contribution is -2.46. The molecule has 0 aliphatic carbocycles. The molecule has 1 aliphatic rings. The van der Waals surface area contributed by atoms with Gasteiger partial charge >= 0.3 is 0 Å². The summed E-state index contributed by atoms with van der Waals surface area (Å²) in [6, 6.07) is 7.72. The van der Waals surface area contributed by atoms with Crippen LogP contribution in [0.3, 0.4) is 0 Å². The molecule has 134 valence electrons. The van der Waals surface area contributed by atoms with Gasteiger partial charge < -0.3 is 15.0 Å². The maximum Gasteiger partial charge on any atom is 0.244 e. The maximum atomic E-state index is 12.4. The summed E-state index contributed by atoms with van der Waals surface area (Å²) in [5.74, 6) is 0.794. The van der Waals surface area contributed by atoms with E-state index in [9.17, 15) is 9.59 Å². The summed E-state index contributed by atoms with van der Waals surface area (Å²) in [5, 5.41) is 2.99. The van der Waals surface area contributed by atoms with Gasteiger partial charge in [0.05, 0.1) is 13.5 Å². The number of methoxy groups -OCH3 is 1. The van der Waals surface area contributed by atoms with Gasteiger partial charge in [0.25, 0.3) is 0 Å². The Balaban J connectivity index is 1.79. The molecular formula is C20H26N2O3. The van der Waals surface area contributed by atoms with E-state index in [-0.39, 0.29) is 17.9 Å². The minimum Gasteiger partial charge on any atom is -0.497 e. The second kappa shape index (κ2) is 9.67. The molecule has 0 atom stereocenters. The minimum absolute atomic E-state index is 0.0840. The highest BCUT2D eigenvalue weighted by molar-refractivity contribution is 5.88. The lowest BCUT2D eigenvalue weighted by Gasteiger charge is -2.32. The Bertz CT molecular complexity index is 644. The first-order valence-electron chi connectivity index (χ1n) is 8.63. The van der Waals surface area contributed by atoms with Gasteiger partial charge in [0.15, 0.2) is 0 Å². The number of amides is 2. The molecule has 0 unspecified atom stereocenters. The topological polar surface area (TPSA) is 58.6 Å². The van der Waals surface area contributed by atoms with Crippen LogP contribution in [-0.2, 0) is 16.0 Å². The molecule has 0 aromatic heterocycles. The number of nitrogens with zero attached hydrogens (tertiary/aromatic N) is 1. The molecule has 1 heterocycles. The fourth-order valence-electron chi connectivity index (χ4n) is 2.85. The number of hydrogen-bond acceptors (Lipinski definition) is 3. The molecule has 1 aromatic carbocycles. The third-order valence-electron chi connectivity index (χ3n) is 4.23. The number of carbonyl (C=O) groups excluding carboxylic acids is 2. The molecule has 0 radical (unpaired) electrons. The number of nitrogens with one attached hydrogen (secondary N) is 1. The first-order valence-corrected chi connectivity index (χ1v) is 8.63. The van der Waals surface area contributed by atoms with Crippen LogP contribution in [0.25, 0.3) is 0 Å². The van der Waals surface area contributed by atoms with Crippen molar-refractivity contribution in [2.24, 2.45) is 0 Å². The number of allylic oxidation sites excluding steroid dienone is 3. The van der Waals surface area contributed by atoms with Crippen molar-refractivity contribution in [1.82, 2.24) is 10.2 Å². The highest BCUT2D eigenvalue weighted by Crippen LogP contribution is 2.16. The minimum atomic E-state index is -0.0840. The summed E-state index contributed by atoms with van der Waals surface area (Å²) in [5.41, 5.74) is 0.953. The van der Waals surface area contributed by atoms with Crippen LogP contribution in [-0.4, -0.2) is 43.0 Å². The molecule has 5 nitrogen and oxygen atoms in total. The van der Waals surface area contributed by atoms with E-state index in [1.165, 1.54) is 6.08 Å². The van der Waals surface area contributed by atoms with E-state index in [2.05, 4.69) is 5.32 Å². The second-order valence-corrected chi connectivity index (χ2v) is 6.08. The van der Waals surface area contributed by atoms with E-state index < -0.39 is 0 Å². The van der Waals surface area contributed by atoms with E-state index in [1.807, 2.05) is 48.2 Å². The van der Waals surface area contributed by atoms with Crippen molar-refractivity contribution in [3.8, 4) is 5.75 Å². The fourth-order valence-corrected chi connectivity index (χ4v) is 2.85. The number of likely N-dealkylation sites (tertiary alicyclic amines) is 1. The lowest BCUT2D eigenvalue weighted by atomic mass is 10.0. The summed E-state index contributed by atoms with van der Waals surface area (Å²) in [6.45, 7) is 3.25. The number of piperidine rings is 1. The van der Waals surface area contributed by atoms with Crippen LogP contribution >= 0.6 is 0 Å². The van der Waals surface area contributed by atoms with Crippen LogP contribution in [0.5, 0.6) is 5.75 Å². The third kappa shape index (κ3) is 6.10. The Morgan fingerprint density at radius 2 is 2.04 bits per heavy atom. The molecule has 5 heteroatoms. The molecule has 1 aliphatic heterocycles. The lowest BCUT2D eigenvalue weighted by molar-refractivity contribution is -0.131. The quantitative estimate of drug-likeness (QED) is 0.638. The number of carbonyl (C=O) groups is 2. The predicted octanol–water partition coefficient (Wildman–Crippen LogP) is 2.48. The zero-order chi connectivity index (χ0) is 18.1. The van der Waals surface area contributed by atoms with Crippen LogP contribution in [0.4, 0.5) is 0 Å². The fraction of sp³-hybridized carbons (Fsp3) is 0.400. The molecule has 1 fully saturated rings. The highest BCUT2D eigenvalue weighted by Gasteiger charge is 2.23.